The Morgan fingerprint density at radius 1 is 1.25 bits per heavy atom. The van der Waals surface area contributed by atoms with Gasteiger partial charge >= 0.3 is 0 Å². The van der Waals surface area contributed by atoms with Crippen molar-refractivity contribution in [1.82, 2.24) is 10.2 Å². The van der Waals surface area contributed by atoms with Crippen LogP contribution in [0.25, 0.3) is 0 Å². The van der Waals surface area contributed by atoms with Crippen molar-refractivity contribution < 1.29 is 4.74 Å². The third-order valence-corrected chi connectivity index (χ3v) is 6.13. The molecule has 2 saturated carbocycles. The van der Waals surface area contributed by atoms with Crippen LogP contribution in [-0.4, -0.2) is 48.8 Å². The van der Waals surface area contributed by atoms with Gasteiger partial charge in [-0.15, -0.1) is 0 Å². The van der Waals surface area contributed by atoms with Crippen LogP contribution < -0.4 is 5.32 Å². The number of nitrogens with zero attached hydrogens (tertiary/aromatic N) is 1. The zero-order valence-electron chi connectivity index (χ0n) is 13.5. The quantitative estimate of drug-likeness (QED) is 0.838. The molecule has 1 spiro atoms. The van der Waals surface area contributed by atoms with E-state index in [1.807, 2.05) is 0 Å². The predicted molar refractivity (Wildman–Crippen MR) is 83.0 cm³/mol. The summed E-state index contributed by atoms with van der Waals surface area (Å²) >= 11 is 0. The molecule has 1 heterocycles. The average Bonchev–Trinajstić information content (AvgIpc) is 2.36. The topological polar surface area (TPSA) is 24.5 Å². The predicted octanol–water partition coefficient (Wildman–Crippen LogP) is 2.80. The van der Waals surface area contributed by atoms with Crippen LogP contribution in [0.15, 0.2) is 0 Å². The summed E-state index contributed by atoms with van der Waals surface area (Å²) in [6, 6.07) is 2.19. The SMILES string of the molecule is CCO[C@H]1C[C@H](NC2CCN(C(C)C)CC2)C12CCC2. The lowest BCUT2D eigenvalue weighted by atomic mass is 9.51. The lowest BCUT2D eigenvalue weighted by Gasteiger charge is -2.62. The van der Waals surface area contributed by atoms with Crippen LogP contribution in [0, 0.1) is 5.41 Å². The van der Waals surface area contributed by atoms with Gasteiger partial charge in [-0.25, -0.2) is 0 Å². The molecule has 3 heteroatoms. The molecular weight excluding hydrogens is 248 g/mol. The summed E-state index contributed by atoms with van der Waals surface area (Å²) < 4.78 is 5.96. The number of hydrogen-bond donors (Lipinski definition) is 1. The summed E-state index contributed by atoms with van der Waals surface area (Å²) in [6.45, 7) is 10.2. The number of ether oxygens (including phenoxy) is 1. The lowest BCUT2D eigenvalue weighted by Crippen LogP contribution is -2.68. The Labute approximate surface area is 124 Å². The maximum Gasteiger partial charge on any atom is 0.0661 e. The fourth-order valence-corrected chi connectivity index (χ4v) is 4.54. The van der Waals surface area contributed by atoms with Crippen LogP contribution in [0.1, 0.15) is 59.3 Å². The Morgan fingerprint density at radius 3 is 2.45 bits per heavy atom. The van der Waals surface area contributed by atoms with E-state index in [9.17, 15) is 0 Å². The van der Waals surface area contributed by atoms with Gasteiger partial charge in [-0.3, -0.25) is 0 Å². The zero-order chi connectivity index (χ0) is 14.2. The van der Waals surface area contributed by atoms with Gasteiger partial charge in [0, 0.05) is 30.1 Å². The third-order valence-electron chi connectivity index (χ3n) is 6.13. The molecule has 2 atom stereocenters. The molecule has 0 aromatic heterocycles. The van der Waals surface area contributed by atoms with Crippen LogP contribution in [0.3, 0.4) is 0 Å². The minimum Gasteiger partial charge on any atom is -0.378 e. The van der Waals surface area contributed by atoms with E-state index in [-0.39, 0.29) is 0 Å². The first kappa shape index (κ1) is 14.8. The minimum atomic E-state index is 0.519. The fourth-order valence-electron chi connectivity index (χ4n) is 4.54. The van der Waals surface area contributed by atoms with Gasteiger partial charge in [0.15, 0.2) is 0 Å². The summed E-state index contributed by atoms with van der Waals surface area (Å²) in [5.41, 5.74) is 0.519. The normalized spacial score (nSPS) is 34.2. The van der Waals surface area contributed by atoms with E-state index in [2.05, 4.69) is 31.0 Å². The van der Waals surface area contributed by atoms with Crippen molar-refractivity contribution in [3.63, 3.8) is 0 Å². The summed E-state index contributed by atoms with van der Waals surface area (Å²) in [7, 11) is 0. The van der Waals surface area contributed by atoms with Gasteiger partial charge in [-0.05, 0) is 66.0 Å². The van der Waals surface area contributed by atoms with Crippen LogP contribution >= 0.6 is 0 Å². The first-order valence-corrected chi connectivity index (χ1v) is 8.77. The molecule has 0 unspecified atom stereocenters. The van der Waals surface area contributed by atoms with Crippen LogP contribution in [0.5, 0.6) is 0 Å². The molecule has 0 aromatic carbocycles. The van der Waals surface area contributed by atoms with Gasteiger partial charge < -0.3 is 15.0 Å². The standard InChI is InChI=1S/C17H32N2O/c1-4-20-16-12-15(17(16)8-5-9-17)18-14-6-10-19(11-7-14)13(2)3/h13-16,18H,4-12H2,1-3H3/t15-,16-/m0/s1. The molecule has 3 rings (SSSR count). The number of rotatable bonds is 5. The van der Waals surface area contributed by atoms with Crippen molar-refractivity contribution in [2.24, 2.45) is 5.41 Å². The molecule has 0 aromatic rings. The van der Waals surface area contributed by atoms with Crippen molar-refractivity contribution in [2.45, 2.75) is 83.5 Å². The third kappa shape index (κ3) is 2.53. The molecule has 3 aliphatic rings. The van der Waals surface area contributed by atoms with Crippen molar-refractivity contribution in [1.29, 1.82) is 0 Å². The molecular formula is C17H32N2O. The number of piperidine rings is 1. The highest BCUT2D eigenvalue weighted by molar-refractivity contribution is 5.12. The van der Waals surface area contributed by atoms with Crippen molar-refractivity contribution in [3.8, 4) is 0 Å². The first-order valence-electron chi connectivity index (χ1n) is 8.77. The maximum atomic E-state index is 5.96. The molecule has 0 radical (unpaired) electrons. The maximum absolute atomic E-state index is 5.96. The van der Waals surface area contributed by atoms with E-state index < -0.39 is 0 Å². The van der Waals surface area contributed by atoms with Gasteiger partial charge in [0.2, 0.25) is 0 Å². The second-order valence-corrected chi connectivity index (χ2v) is 7.39. The molecule has 20 heavy (non-hydrogen) atoms. The Bertz CT molecular complexity index is 319. The van der Waals surface area contributed by atoms with Crippen molar-refractivity contribution in [2.75, 3.05) is 19.7 Å². The summed E-state index contributed by atoms with van der Waals surface area (Å²) in [4.78, 5) is 2.61. The van der Waals surface area contributed by atoms with Gasteiger partial charge in [-0.1, -0.05) is 6.42 Å². The van der Waals surface area contributed by atoms with Gasteiger partial charge in [0.1, 0.15) is 0 Å². The highest BCUT2D eigenvalue weighted by Crippen LogP contribution is 2.57. The molecule has 1 N–H and O–H groups in total. The number of nitrogens with one attached hydrogen (secondary N) is 1. The Kier molecular flexibility index (Phi) is 4.40. The van der Waals surface area contributed by atoms with Gasteiger partial charge in [0.25, 0.3) is 0 Å². The molecule has 116 valence electrons. The Morgan fingerprint density at radius 2 is 1.95 bits per heavy atom. The monoisotopic (exact) mass is 280 g/mol. The Hall–Kier alpha value is -0.120. The largest absolute Gasteiger partial charge is 0.378 e. The second kappa shape index (κ2) is 5.94. The molecule has 1 aliphatic heterocycles. The van der Waals surface area contributed by atoms with E-state index in [4.69, 9.17) is 4.74 Å². The zero-order valence-corrected chi connectivity index (χ0v) is 13.5. The molecule has 1 saturated heterocycles. The lowest BCUT2D eigenvalue weighted by molar-refractivity contribution is -0.175. The molecule has 3 fully saturated rings. The smallest absolute Gasteiger partial charge is 0.0661 e. The van der Waals surface area contributed by atoms with Crippen LogP contribution in [0.2, 0.25) is 0 Å². The van der Waals surface area contributed by atoms with Crippen LogP contribution in [-0.2, 0) is 4.74 Å². The molecule has 3 nitrogen and oxygen atoms in total. The summed E-state index contributed by atoms with van der Waals surface area (Å²) in [5.74, 6) is 0. The van der Waals surface area contributed by atoms with E-state index in [1.54, 1.807) is 0 Å². The number of likely N-dealkylation sites (tertiary alicyclic amines) is 1. The molecule has 0 amide bonds. The minimum absolute atomic E-state index is 0.519. The van der Waals surface area contributed by atoms with E-state index >= 15 is 0 Å². The van der Waals surface area contributed by atoms with Crippen molar-refractivity contribution in [3.05, 3.63) is 0 Å². The van der Waals surface area contributed by atoms with E-state index in [0.29, 0.717) is 17.6 Å². The summed E-state index contributed by atoms with van der Waals surface area (Å²) in [5, 5.41) is 3.99. The highest BCUT2D eigenvalue weighted by atomic mass is 16.5. The van der Waals surface area contributed by atoms with E-state index in [0.717, 1.165) is 18.7 Å². The Balaban J connectivity index is 1.48. The average molecular weight is 280 g/mol. The summed E-state index contributed by atoms with van der Waals surface area (Å²) in [6.07, 6.45) is 8.63. The second-order valence-electron chi connectivity index (χ2n) is 7.39. The number of hydrogen-bond acceptors (Lipinski definition) is 3. The highest BCUT2D eigenvalue weighted by Gasteiger charge is 2.59. The molecule has 2 aliphatic carbocycles. The molecule has 0 bridgehead atoms. The van der Waals surface area contributed by atoms with Crippen LogP contribution in [0.4, 0.5) is 0 Å². The van der Waals surface area contributed by atoms with Gasteiger partial charge in [0.05, 0.1) is 6.10 Å². The van der Waals surface area contributed by atoms with Gasteiger partial charge in [-0.2, -0.15) is 0 Å². The fraction of sp³-hybridized carbons (Fsp3) is 1.00. The first-order chi connectivity index (χ1) is 9.65. The van der Waals surface area contributed by atoms with Crippen molar-refractivity contribution >= 4 is 0 Å². The van der Waals surface area contributed by atoms with E-state index in [1.165, 1.54) is 51.6 Å².